The van der Waals surface area contributed by atoms with Gasteiger partial charge in [0.2, 0.25) is 5.91 Å². The third-order valence-corrected chi connectivity index (χ3v) is 8.54. The van der Waals surface area contributed by atoms with Crippen LogP contribution in [0.25, 0.3) is 10.2 Å². The maximum atomic E-state index is 12.7. The van der Waals surface area contributed by atoms with Gasteiger partial charge in [0.15, 0.2) is 9.84 Å². The van der Waals surface area contributed by atoms with Gasteiger partial charge in [-0.15, -0.1) is 11.3 Å². The molecule has 0 spiro atoms. The number of sulfone groups is 1. The first-order chi connectivity index (χ1) is 12.8. The first kappa shape index (κ1) is 18.8. The Bertz CT molecular complexity index is 923. The summed E-state index contributed by atoms with van der Waals surface area (Å²) in [7, 11) is -3.04. The zero-order valence-electron chi connectivity index (χ0n) is 15.5. The van der Waals surface area contributed by atoms with Crippen molar-refractivity contribution in [3.63, 3.8) is 0 Å². The predicted octanol–water partition coefficient (Wildman–Crippen LogP) is 2.52. The molecule has 0 radical (unpaired) electrons. The maximum Gasteiger partial charge on any atom is 0.234 e. The Balaban J connectivity index is 1.47. The Morgan fingerprint density at radius 2 is 2.19 bits per heavy atom. The van der Waals surface area contributed by atoms with E-state index in [0.29, 0.717) is 6.42 Å². The van der Waals surface area contributed by atoms with Gasteiger partial charge in [0.25, 0.3) is 0 Å². The molecule has 6 nitrogen and oxygen atoms in total. The molecular weight excluding hydrogens is 382 g/mol. The highest BCUT2D eigenvalue weighted by molar-refractivity contribution is 7.91. The van der Waals surface area contributed by atoms with Gasteiger partial charge in [-0.05, 0) is 44.9 Å². The maximum absolute atomic E-state index is 12.7. The quantitative estimate of drug-likeness (QED) is 0.842. The topological polar surface area (TPSA) is 79.4 Å². The minimum atomic E-state index is -3.04. The molecule has 8 heteroatoms. The van der Waals surface area contributed by atoms with Crippen LogP contribution in [0.15, 0.2) is 24.3 Å². The number of carbonyl (C=O) groups excluding carboxylic acids is 1. The standard InChI is InChI=1S/C19H25N3O3S2/c1-19(9-11-27(24,25)13-19)21-17(23)12-22-10-5-4-7-15(22)18-20-14-6-2-3-8-16(14)26-18/h2-3,6,8,15H,4-5,7,9-13H2,1H3,(H,21,23)/t15-,19+/m1/s1. The van der Waals surface area contributed by atoms with Gasteiger partial charge in [-0.25, -0.2) is 13.4 Å². The minimum absolute atomic E-state index is 0.0348. The lowest BCUT2D eigenvalue weighted by Crippen LogP contribution is -2.51. The summed E-state index contributed by atoms with van der Waals surface area (Å²) in [5.74, 6) is 0.0945. The van der Waals surface area contributed by atoms with Gasteiger partial charge in [0.1, 0.15) is 5.01 Å². The summed E-state index contributed by atoms with van der Waals surface area (Å²) in [5.41, 5.74) is 0.369. The summed E-state index contributed by atoms with van der Waals surface area (Å²) in [6, 6.07) is 8.27. The molecule has 2 aliphatic rings. The Labute approximate surface area is 163 Å². The van der Waals surface area contributed by atoms with E-state index in [1.54, 1.807) is 11.3 Å². The molecule has 0 aliphatic carbocycles. The fourth-order valence-corrected chi connectivity index (χ4v) is 7.39. The van der Waals surface area contributed by atoms with Crippen molar-refractivity contribution < 1.29 is 13.2 Å². The third kappa shape index (κ3) is 4.17. The number of piperidine rings is 1. The van der Waals surface area contributed by atoms with E-state index < -0.39 is 15.4 Å². The lowest BCUT2D eigenvalue weighted by molar-refractivity contribution is -0.124. The summed E-state index contributed by atoms with van der Waals surface area (Å²) >= 11 is 1.70. The van der Waals surface area contributed by atoms with Gasteiger partial charge >= 0.3 is 0 Å². The molecule has 2 atom stereocenters. The number of nitrogens with zero attached hydrogens (tertiary/aromatic N) is 2. The van der Waals surface area contributed by atoms with Gasteiger partial charge in [-0.3, -0.25) is 9.69 Å². The normalized spacial score (nSPS) is 28.4. The summed E-state index contributed by atoms with van der Waals surface area (Å²) in [4.78, 5) is 19.7. The number of benzene rings is 1. The van der Waals surface area contributed by atoms with Gasteiger partial charge in [0, 0.05) is 0 Å². The fourth-order valence-electron chi connectivity index (χ4n) is 4.16. The van der Waals surface area contributed by atoms with Crippen molar-refractivity contribution in [2.75, 3.05) is 24.6 Å². The zero-order chi connectivity index (χ0) is 19.1. The molecule has 2 aromatic rings. The van der Waals surface area contributed by atoms with E-state index >= 15 is 0 Å². The van der Waals surface area contributed by atoms with Crippen LogP contribution in [0.5, 0.6) is 0 Å². The minimum Gasteiger partial charge on any atom is -0.349 e. The summed E-state index contributed by atoms with van der Waals surface area (Å²) in [6.07, 6.45) is 3.69. The van der Waals surface area contributed by atoms with Crippen LogP contribution in [0.1, 0.15) is 43.7 Å². The smallest absolute Gasteiger partial charge is 0.234 e. The lowest BCUT2D eigenvalue weighted by Gasteiger charge is -2.35. The van der Waals surface area contributed by atoms with Crippen LogP contribution in [0.4, 0.5) is 0 Å². The molecule has 3 heterocycles. The number of likely N-dealkylation sites (tertiary alicyclic amines) is 1. The monoisotopic (exact) mass is 407 g/mol. The molecule has 0 saturated carbocycles. The second kappa shape index (κ2) is 7.14. The average molecular weight is 408 g/mol. The van der Waals surface area contributed by atoms with Crippen LogP contribution in [0, 0.1) is 0 Å². The highest BCUT2D eigenvalue weighted by Gasteiger charge is 2.40. The molecule has 0 bridgehead atoms. The first-order valence-electron chi connectivity index (χ1n) is 9.45. The molecular formula is C19H25N3O3S2. The van der Waals surface area contributed by atoms with E-state index in [2.05, 4.69) is 16.3 Å². The predicted molar refractivity (Wildman–Crippen MR) is 108 cm³/mol. The van der Waals surface area contributed by atoms with Crippen molar-refractivity contribution in [1.82, 2.24) is 15.2 Å². The SMILES string of the molecule is C[C@]1(NC(=O)CN2CCCC[C@@H]2c2nc3ccccc3s2)CCS(=O)(=O)C1. The Kier molecular flexibility index (Phi) is 4.98. The molecule has 2 saturated heterocycles. The third-order valence-electron chi connectivity index (χ3n) is 5.50. The Morgan fingerprint density at radius 1 is 1.37 bits per heavy atom. The number of rotatable bonds is 4. The molecule has 1 aromatic carbocycles. The molecule has 1 aromatic heterocycles. The summed E-state index contributed by atoms with van der Waals surface area (Å²) in [5, 5.41) is 4.05. The highest BCUT2D eigenvalue weighted by atomic mass is 32.2. The number of hydrogen-bond acceptors (Lipinski definition) is 6. The van der Waals surface area contributed by atoms with Crippen molar-refractivity contribution in [2.24, 2.45) is 0 Å². The number of fused-ring (bicyclic) bond motifs is 1. The molecule has 0 unspecified atom stereocenters. The van der Waals surface area contributed by atoms with E-state index in [1.807, 2.05) is 25.1 Å². The van der Waals surface area contributed by atoms with Crippen molar-refractivity contribution in [2.45, 2.75) is 44.2 Å². The Morgan fingerprint density at radius 3 is 2.93 bits per heavy atom. The molecule has 2 fully saturated rings. The van der Waals surface area contributed by atoms with E-state index in [4.69, 9.17) is 4.98 Å². The Hall–Kier alpha value is -1.51. The number of carbonyl (C=O) groups is 1. The second-order valence-electron chi connectivity index (χ2n) is 7.95. The van der Waals surface area contributed by atoms with Crippen molar-refractivity contribution >= 4 is 37.3 Å². The number of aromatic nitrogens is 1. The van der Waals surface area contributed by atoms with E-state index in [1.165, 1.54) is 4.70 Å². The van der Waals surface area contributed by atoms with Crippen LogP contribution < -0.4 is 5.32 Å². The molecule has 1 N–H and O–H groups in total. The van der Waals surface area contributed by atoms with Crippen LogP contribution in [0.2, 0.25) is 0 Å². The number of amides is 1. The van der Waals surface area contributed by atoms with Crippen molar-refractivity contribution in [3.05, 3.63) is 29.3 Å². The zero-order valence-corrected chi connectivity index (χ0v) is 17.1. The van der Waals surface area contributed by atoms with E-state index in [-0.39, 0.29) is 30.0 Å². The van der Waals surface area contributed by atoms with Crippen LogP contribution in [-0.4, -0.2) is 54.3 Å². The second-order valence-corrected chi connectivity index (χ2v) is 11.2. The van der Waals surface area contributed by atoms with Crippen LogP contribution in [0.3, 0.4) is 0 Å². The molecule has 27 heavy (non-hydrogen) atoms. The highest BCUT2D eigenvalue weighted by Crippen LogP contribution is 2.35. The average Bonchev–Trinajstić information content (AvgIpc) is 3.15. The summed E-state index contributed by atoms with van der Waals surface area (Å²) < 4.78 is 24.7. The van der Waals surface area contributed by atoms with Crippen molar-refractivity contribution in [1.29, 1.82) is 0 Å². The van der Waals surface area contributed by atoms with E-state index in [9.17, 15) is 13.2 Å². The molecule has 1 amide bonds. The molecule has 2 aliphatic heterocycles. The number of nitrogens with one attached hydrogen (secondary N) is 1. The van der Waals surface area contributed by atoms with Gasteiger partial charge in [-0.1, -0.05) is 18.6 Å². The van der Waals surface area contributed by atoms with Gasteiger partial charge < -0.3 is 5.32 Å². The number of hydrogen-bond donors (Lipinski definition) is 1. The fraction of sp³-hybridized carbons (Fsp3) is 0.579. The van der Waals surface area contributed by atoms with Gasteiger partial charge in [-0.2, -0.15) is 0 Å². The lowest BCUT2D eigenvalue weighted by atomic mass is 10.0. The number of thiazole rings is 1. The first-order valence-corrected chi connectivity index (χ1v) is 12.1. The number of para-hydroxylation sites is 1. The van der Waals surface area contributed by atoms with Crippen LogP contribution >= 0.6 is 11.3 Å². The molecule has 146 valence electrons. The van der Waals surface area contributed by atoms with E-state index in [0.717, 1.165) is 36.3 Å². The summed E-state index contributed by atoms with van der Waals surface area (Å²) in [6.45, 7) is 2.98. The largest absolute Gasteiger partial charge is 0.349 e. The van der Waals surface area contributed by atoms with Crippen molar-refractivity contribution in [3.8, 4) is 0 Å². The van der Waals surface area contributed by atoms with Gasteiger partial charge in [0.05, 0.1) is 39.8 Å². The van der Waals surface area contributed by atoms with Crippen LogP contribution in [-0.2, 0) is 14.6 Å². The molecule has 4 rings (SSSR count).